The van der Waals surface area contributed by atoms with Gasteiger partial charge in [0.05, 0.1) is 0 Å². The van der Waals surface area contributed by atoms with Crippen LogP contribution in [-0.2, 0) is 12.8 Å². The van der Waals surface area contributed by atoms with Crippen LogP contribution >= 0.6 is 35.6 Å². The van der Waals surface area contributed by atoms with Crippen LogP contribution in [0.15, 0.2) is 58.0 Å². The quantitative estimate of drug-likeness (QED) is 0.274. The van der Waals surface area contributed by atoms with E-state index in [4.69, 9.17) is 16.1 Å². The molecule has 0 radical (unpaired) electrons. The highest BCUT2D eigenvalue weighted by Crippen LogP contribution is 2.18. The average Bonchev–Trinajstić information content (AvgIpc) is 3.17. The highest BCUT2D eigenvalue weighted by molar-refractivity contribution is 14.0. The standard InChI is InChI=1S/C20H21ClFN5O.HI/c1-23-20(24-12-10-14-2-8-17(22)9-3-14)25-13-11-18-26-19(27-28-18)15-4-6-16(21)7-5-15;/h2-9H,10-13H2,1H3,(H2,23,24,25);1H. The van der Waals surface area contributed by atoms with E-state index in [1.807, 2.05) is 12.1 Å². The summed E-state index contributed by atoms with van der Waals surface area (Å²) in [7, 11) is 1.71. The van der Waals surface area contributed by atoms with Gasteiger partial charge in [0.2, 0.25) is 11.7 Å². The monoisotopic (exact) mass is 529 g/mol. The first-order valence-electron chi connectivity index (χ1n) is 8.91. The van der Waals surface area contributed by atoms with E-state index in [0.29, 0.717) is 42.2 Å². The van der Waals surface area contributed by atoms with Crippen LogP contribution < -0.4 is 10.6 Å². The highest BCUT2D eigenvalue weighted by Gasteiger charge is 2.08. The molecule has 0 fully saturated rings. The Morgan fingerprint density at radius 3 is 2.34 bits per heavy atom. The Labute approximate surface area is 191 Å². The van der Waals surface area contributed by atoms with Gasteiger partial charge in [-0.2, -0.15) is 4.98 Å². The van der Waals surface area contributed by atoms with Crippen molar-refractivity contribution in [2.24, 2.45) is 4.99 Å². The predicted octanol–water partition coefficient (Wildman–Crippen LogP) is 4.10. The van der Waals surface area contributed by atoms with Crippen molar-refractivity contribution in [3.8, 4) is 11.4 Å². The fourth-order valence-corrected chi connectivity index (χ4v) is 2.68. The minimum atomic E-state index is -0.227. The van der Waals surface area contributed by atoms with Gasteiger partial charge in [0, 0.05) is 37.1 Å². The molecular formula is C20H22ClFIN5O. The molecule has 0 unspecified atom stereocenters. The molecule has 1 heterocycles. The molecule has 3 rings (SSSR count). The molecule has 0 aliphatic carbocycles. The summed E-state index contributed by atoms with van der Waals surface area (Å²) in [5.41, 5.74) is 1.91. The number of hydrogen-bond acceptors (Lipinski definition) is 4. The Morgan fingerprint density at radius 2 is 1.69 bits per heavy atom. The summed E-state index contributed by atoms with van der Waals surface area (Å²) >= 11 is 5.89. The number of hydrogen-bond donors (Lipinski definition) is 2. The smallest absolute Gasteiger partial charge is 0.228 e. The van der Waals surface area contributed by atoms with E-state index in [-0.39, 0.29) is 29.8 Å². The lowest BCUT2D eigenvalue weighted by molar-refractivity contribution is 0.378. The summed E-state index contributed by atoms with van der Waals surface area (Å²) in [5.74, 6) is 1.53. The van der Waals surface area contributed by atoms with Gasteiger partial charge in [-0.1, -0.05) is 28.9 Å². The van der Waals surface area contributed by atoms with E-state index in [1.165, 1.54) is 12.1 Å². The zero-order valence-corrected chi connectivity index (χ0v) is 18.9. The third-order valence-electron chi connectivity index (χ3n) is 4.04. The molecule has 0 spiro atoms. The van der Waals surface area contributed by atoms with Crippen LogP contribution in [-0.4, -0.2) is 36.2 Å². The van der Waals surface area contributed by atoms with Gasteiger partial charge in [0.25, 0.3) is 0 Å². The van der Waals surface area contributed by atoms with E-state index in [0.717, 1.165) is 17.5 Å². The van der Waals surface area contributed by atoms with Crippen LogP contribution in [0.2, 0.25) is 5.02 Å². The summed E-state index contributed by atoms with van der Waals surface area (Å²) in [6.07, 6.45) is 1.34. The number of nitrogens with zero attached hydrogens (tertiary/aromatic N) is 3. The average molecular weight is 530 g/mol. The van der Waals surface area contributed by atoms with E-state index in [1.54, 1.807) is 31.3 Å². The largest absolute Gasteiger partial charge is 0.356 e. The summed E-state index contributed by atoms with van der Waals surface area (Å²) in [6.45, 7) is 1.28. The maximum atomic E-state index is 12.9. The zero-order valence-electron chi connectivity index (χ0n) is 15.9. The summed E-state index contributed by atoms with van der Waals surface area (Å²) in [4.78, 5) is 8.57. The Bertz CT molecular complexity index is 915. The molecule has 0 bridgehead atoms. The third kappa shape index (κ3) is 7.28. The fraction of sp³-hybridized carbons (Fsp3) is 0.250. The van der Waals surface area contributed by atoms with Gasteiger partial charge in [-0.25, -0.2) is 4.39 Å². The Balaban J connectivity index is 0.00000300. The van der Waals surface area contributed by atoms with Crippen molar-refractivity contribution in [2.75, 3.05) is 20.1 Å². The molecule has 154 valence electrons. The van der Waals surface area contributed by atoms with Crippen molar-refractivity contribution in [3.63, 3.8) is 0 Å². The van der Waals surface area contributed by atoms with Crippen molar-refractivity contribution in [1.29, 1.82) is 0 Å². The summed E-state index contributed by atoms with van der Waals surface area (Å²) < 4.78 is 18.2. The lowest BCUT2D eigenvalue weighted by Gasteiger charge is -2.11. The van der Waals surface area contributed by atoms with Crippen LogP contribution in [0, 0.1) is 5.82 Å². The maximum absolute atomic E-state index is 12.9. The predicted molar refractivity (Wildman–Crippen MR) is 123 cm³/mol. The fourth-order valence-electron chi connectivity index (χ4n) is 2.56. The molecule has 6 nitrogen and oxygen atoms in total. The maximum Gasteiger partial charge on any atom is 0.228 e. The van der Waals surface area contributed by atoms with Crippen molar-refractivity contribution in [3.05, 3.63) is 70.8 Å². The number of aliphatic imine (C=N–C) groups is 1. The number of aromatic nitrogens is 2. The van der Waals surface area contributed by atoms with Gasteiger partial charge in [0.15, 0.2) is 5.96 Å². The van der Waals surface area contributed by atoms with E-state index in [9.17, 15) is 4.39 Å². The normalized spacial score (nSPS) is 11.1. The second-order valence-electron chi connectivity index (χ2n) is 6.07. The molecule has 0 aliphatic rings. The third-order valence-corrected chi connectivity index (χ3v) is 4.30. The van der Waals surface area contributed by atoms with Gasteiger partial charge >= 0.3 is 0 Å². The number of benzene rings is 2. The number of nitrogens with one attached hydrogen (secondary N) is 2. The molecule has 2 aromatic carbocycles. The van der Waals surface area contributed by atoms with Gasteiger partial charge in [-0.05, 0) is 48.4 Å². The molecule has 0 atom stereocenters. The van der Waals surface area contributed by atoms with E-state index < -0.39 is 0 Å². The molecule has 1 aromatic heterocycles. The number of rotatable bonds is 7. The number of guanidine groups is 1. The topological polar surface area (TPSA) is 75.3 Å². The van der Waals surface area contributed by atoms with Gasteiger partial charge in [-0.15, -0.1) is 24.0 Å². The first kappa shape index (κ1) is 23.1. The molecule has 0 saturated heterocycles. The first-order valence-corrected chi connectivity index (χ1v) is 9.29. The molecule has 0 aliphatic heterocycles. The van der Waals surface area contributed by atoms with Crippen molar-refractivity contribution < 1.29 is 8.91 Å². The van der Waals surface area contributed by atoms with Gasteiger partial charge < -0.3 is 15.2 Å². The Hall–Kier alpha value is -2.20. The lowest BCUT2D eigenvalue weighted by Crippen LogP contribution is -2.39. The second-order valence-corrected chi connectivity index (χ2v) is 6.51. The molecule has 0 saturated carbocycles. The highest BCUT2D eigenvalue weighted by atomic mass is 127. The first-order chi connectivity index (χ1) is 13.6. The van der Waals surface area contributed by atoms with Crippen LogP contribution in [0.5, 0.6) is 0 Å². The SMILES string of the molecule is CN=C(NCCc1ccc(F)cc1)NCCc1nc(-c2ccc(Cl)cc2)no1.I. The molecule has 2 N–H and O–H groups in total. The Kier molecular flexibility index (Phi) is 9.33. The van der Waals surface area contributed by atoms with Crippen LogP contribution in [0.1, 0.15) is 11.5 Å². The second kappa shape index (κ2) is 11.7. The lowest BCUT2D eigenvalue weighted by atomic mass is 10.1. The zero-order chi connectivity index (χ0) is 19.8. The molecule has 0 amide bonds. The number of halogens is 3. The van der Waals surface area contributed by atoms with Crippen LogP contribution in [0.3, 0.4) is 0 Å². The van der Waals surface area contributed by atoms with Crippen LogP contribution in [0.4, 0.5) is 4.39 Å². The minimum Gasteiger partial charge on any atom is -0.356 e. The van der Waals surface area contributed by atoms with E-state index >= 15 is 0 Å². The molecule has 9 heteroatoms. The van der Waals surface area contributed by atoms with Crippen molar-refractivity contribution in [2.45, 2.75) is 12.8 Å². The summed E-state index contributed by atoms with van der Waals surface area (Å²) in [5, 5.41) is 11.1. The molecule has 29 heavy (non-hydrogen) atoms. The van der Waals surface area contributed by atoms with Crippen LogP contribution in [0.25, 0.3) is 11.4 Å². The molecule has 3 aromatic rings. The Morgan fingerprint density at radius 1 is 1.03 bits per heavy atom. The van der Waals surface area contributed by atoms with Crippen molar-refractivity contribution >= 4 is 41.5 Å². The van der Waals surface area contributed by atoms with Gasteiger partial charge in [0.1, 0.15) is 5.82 Å². The van der Waals surface area contributed by atoms with E-state index in [2.05, 4.69) is 25.8 Å². The van der Waals surface area contributed by atoms with Crippen molar-refractivity contribution in [1.82, 2.24) is 20.8 Å². The van der Waals surface area contributed by atoms with Gasteiger partial charge in [-0.3, -0.25) is 4.99 Å². The molecular weight excluding hydrogens is 508 g/mol. The summed E-state index contributed by atoms with van der Waals surface area (Å²) in [6, 6.07) is 13.8. The minimum absolute atomic E-state index is 0.